The maximum absolute atomic E-state index is 13.3. The third-order valence-corrected chi connectivity index (χ3v) is 3.38. The van der Waals surface area contributed by atoms with Crippen LogP contribution in [-0.4, -0.2) is 5.78 Å². The molecular weight excluding hydrogens is 251 g/mol. The molecule has 1 aromatic rings. The average Bonchev–Trinajstić information content (AvgIpc) is 2.41. The van der Waals surface area contributed by atoms with Crippen molar-refractivity contribution < 1.29 is 9.18 Å². The van der Waals surface area contributed by atoms with Crippen molar-refractivity contribution >= 4 is 5.78 Å². The van der Waals surface area contributed by atoms with Gasteiger partial charge in [-0.3, -0.25) is 4.79 Å². The highest BCUT2D eigenvalue weighted by Gasteiger charge is 2.25. The van der Waals surface area contributed by atoms with Crippen LogP contribution in [0.25, 0.3) is 0 Å². The van der Waals surface area contributed by atoms with Crippen molar-refractivity contribution in [2.45, 2.75) is 72.6 Å². The smallest absolute Gasteiger partial charge is 0.133 e. The molecule has 20 heavy (non-hydrogen) atoms. The van der Waals surface area contributed by atoms with E-state index >= 15 is 0 Å². The van der Waals surface area contributed by atoms with E-state index in [9.17, 15) is 9.18 Å². The van der Waals surface area contributed by atoms with E-state index in [0.29, 0.717) is 12.8 Å². The van der Waals surface area contributed by atoms with Gasteiger partial charge >= 0.3 is 0 Å². The summed E-state index contributed by atoms with van der Waals surface area (Å²) in [5, 5.41) is 0. The molecule has 0 fully saturated rings. The number of ketones is 1. The number of carbonyl (C=O) groups excluding carboxylic acids is 1. The molecule has 0 aliphatic carbocycles. The van der Waals surface area contributed by atoms with E-state index in [1.54, 1.807) is 12.1 Å². The highest BCUT2D eigenvalue weighted by Crippen LogP contribution is 2.31. The van der Waals surface area contributed by atoms with Crippen molar-refractivity contribution in [3.63, 3.8) is 0 Å². The van der Waals surface area contributed by atoms with Gasteiger partial charge in [-0.2, -0.15) is 0 Å². The van der Waals surface area contributed by atoms with E-state index in [2.05, 4.69) is 6.92 Å². The second kappa shape index (κ2) is 8.89. The average molecular weight is 280 g/mol. The first kappa shape index (κ1) is 18.8. The Morgan fingerprint density at radius 2 is 1.85 bits per heavy atom. The molecule has 0 unspecified atom stereocenters. The molecule has 1 rings (SSSR count). The summed E-state index contributed by atoms with van der Waals surface area (Å²) >= 11 is 0. The zero-order valence-electron chi connectivity index (χ0n) is 13.8. The summed E-state index contributed by atoms with van der Waals surface area (Å²) in [5.74, 6) is 0.0372. The molecule has 0 aliphatic heterocycles. The molecule has 0 atom stereocenters. The molecule has 0 saturated carbocycles. The molecular formula is C18H29FO. The minimum absolute atomic E-state index is 0.232. The van der Waals surface area contributed by atoms with E-state index < -0.39 is 0 Å². The molecule has 114 valence electrons. The van der Waals surface area contributed by atoms with Gasteiger partial charge in [-0.25, -0.2) is 4.39 Å². The monoisotopic (exact) mass is 280 g/mol. The molecule has 2 heteroatoms. The van der Waals surface area contributed by atoms with Crippen LogP contribution in [0.2, 0.25) is 0 Å². The minimum atomic E-state index is -0.295. The van der Waals surface area contributed by atoms with Gasteiger partial charge in [0.1, 0.15) is 11.6 Å². The largest absolute Gasteiger partial charge is 0.300 e. The van der Waals surface area contributed by atoms with E-state index in [1.807, 2.05) is 34.6 Å². The SMILES string of the molecule is CC.CCCCC(=O)CC(C)(C)c1cc(F)ccc1C. The molecule has 0 amide bonds. The first-order valence-corrected chi connectivity index (χ1v) is 7.65. The van der Waals surface area contributed by atoms with Crippen molar-refractivity contribution in [1.29, 1.82) is 0 Å². The number of aryl methyl sites for hydroxylation is 1. The number of carbonyl (C=O) groups is 1. The Labute approximate surface area is 123 Å². The van der Waals surface area contributed by atoms with Gasteiger partial charge in [-0.15, -0.1) is 0 Å². The lowest BCUT2D eigenvalue weighted by molar-refractivity contribution is -0.120. The number of rotatable bonds is 6. The quantitative estimate of drug-likeness (QED) is 0.664. The lowest BCUT2D eigenvalue weighted by atomic mass is 9.77. The Bertz CT molecular complexity index is 421. The summed E-state index contributed by atoms with van der Waals surface area (Å²) in [7, 11) is 0. The first-order chi connectivity index (χ1) is 9.36. The number of Topliss-reactive ketones (excluding diaryl/α,β-unsaturated/α-hetero) is 1. The van der Waals surface area contributed by atoms with Crippen LogP contribution < -0.4 is 0 Å². The third kappa shape index (κ3) is 5.85. The predicted molar refractivity (Wildman–Crippen MR) is 84.7 cm³/mol. The lowest BCUT2D eigenvalue weighted by Gasteiger charge is -2.26. The summed E-state index contributed by atoms with van der Waals surface area (Å²) in [5.41, 5.74) is 1.69. The first-order valence-electron chi connectivity index (χ1n) is 7.65. The molecule has 1 nitrogen and oxygen atoms in total. The maximum atomic E-state index is 13.3. The van der Waals surface area contributed by atoms with Crippen LogP contribution in [0.3, 0.4) is 0 Å². The van der Waals surface area contributed by atoms with Gasteiger partial charge in [-0.05, 0) is 42.0 Å². The maximum Gasteiger partial charge on any atom is 0.133 e. The number of unbranched alkanes of at least 4 members (excludes halogenated alkanes) is 1. The van der Waals surface area contributed by atoms with Gasteiger partial charge in [0, 0.05) is 12.8 Å². The Morgan fingerprint density at radius 3 is 2.40 bits per heavy atom. The van der Waals surface area contributed by atoms with Gasteiger partial charge in [-0.1, -0.05) is 47.1 Å². The topological polar surface area (TPSA) is 17.1 Å². The fraction of sp³-hybridized carbons (Fsp3) is 0.611. The van der Waals surface area contributed by atoms with Crippen LogP contribution in [0.5, 0.6) is 0 Å². The molecule has 1 aromatic carbocycles. The van der Waals surface area contributed by atoms with Gasteiger partial charge in [0.05, 0.1) is 0 Å². The zero-order valence-corrected chi connectivity index (χ0v) is 13.8. The van der Waals surface area contributed by atoms with Crippen molar-refractivity contribution in [2.24, 2.45) is 0 Å². The van der Waals surface area contributed by atoms with Gasteiger partial charge in [0.2, 0.25) is 0 Å². The normalized spacial score (nSPS) is 10.8. The molecule has 0 radical (unpaired) electrons. The summed E-state index contributed by atoms with van der Waals surface area (Å²) in [6, 6.07) is 4.80. The highest BCUT2D eigenvalue weighted by atomic mass is 19.1. The predicted octanol–water partition coefficient (Wildman–Crippen LogP) is 5.59. The van der Waals surface area contributed by atoms with E-state index in [4.69, 9.17) is 0 Å². The number of halogens is 1. The van der Waals surface area contributed by atoms with Crippen molar-refractivity contribution in [3.05, 3.63) is 35.1 Å². The molecule has 0 heterocycles. The Balaban J connectivity index is 0.00000172. The number of hydrogen-bond acceptors (Lipinski definition) is 1. The van der Waals surface area contributed by atoms with Crippen LogP contribution >= 0.6 is 0 Å². The van der Waals surface area contributed by atoms with Crippen molar-refractivity contribution in [1.82, 2.24) is 0 Å². The Morgan fingerprint density at radius 1 is 1.25 bits per heavy atom. The van der Waals surface area contributed by atoms with Gasteiger partial charge < -0.3 is 0 Å². The van der Waals surface area contributed by atoms with Crippen LogP contribution in [0.15, 0.2) is 18.2 Å². The zero-order chi connectivity index (χ0) is 15.8. The second-order valence-corrected chi connectivity index (χ2v) is 5.66. The van der Waals surface area contributed by atoms with Crippen LogP contribution in [-0.2, 0) is 10.2 Å². The van der Waals surface area contributed by atoms with Crippen LogP contribution in [0.4, 0.5) is 4.39 Å². The van der Waals surface area contributed by atoms with Crippen LogP contribution in [0, 0.1) is 12.7 Å². The molecule has 0 bridgehead atoms. The molecule has 0 N–H and O–H groups in total. The molecule has 0 saturated heterocycles. The summed E-state index contributed by atoms with van der Waals surface area (Å²) in [4.78, 5) is 11.9. The number of hydrogen-bond donors (Lipinski definition) is 0. The molecule has 0 aromatic heterocycles. The second-order valence-electron chi connectivity index (χ2n) is 5.66. The van der Waals surface area contributed by atoms with Gasteiger partial charge in [0.15, 0.2) is 0 Å². The van der Waals surface area contributed by atoms with E-state index in [0.717, 1.165) is 24.0 Å². The lowest BCUT2D eigenvalue weighted by Crippen LogP contribution is -2.23. The van der Waals surface area contributed by atoms with E-state index in [1.165, 1.54) is 6.07 Å². The fourth-order valence-electron chi connectivity index (χ4n) is 2.37. The van der Waals surface area contributed by atoms with Crippen molar-refractivity contribution in [3.8, 4) is 0 Å². The standard InChI is InChI=1S/C16H23FO.C2H6/c1-5-6-7-14(18)11-16(3,4)15-10-13(17)9-8-12(15)2;1-2/h8-10H,5-7,11H2,1-4H3;1-2H3. The molecule has 0 aliphatic rings. The summed E-state index contributed by atoms with van der Waals surface area (Å²) in [6.45, 7) is 12.1. The van der Waals surface area contributed by atoms with Crippen LogP contribution in [0.1, 0.15) is 71.4 Å². The minimum Gasteiger partial charge on any atom is -0.300 e. The van der Waals surface area contributed by atoms with Crippen molar-refractivity contribution in [2.75, 3.05) is 0 Å². The van der Waals surface area contributed by atoms with E-state index in [-0.39, 0.29) is 17.0 Å². The Hall–Kier alpha value is -1.18. The Kier molecular flexibility index (Phi) is 8.36. The fourth-order valence-corrected chi connectivity index (χ4v) is 2.37. The summed E-state index contributed by atoms with van der Waals surface area (Å²) in [6.07, 6.45) is 3.09. The van der Waals surface area contributed by atoms with Gasteiger partial charge in [0.25, 0.3) is 0 Å². The number of benzene rings is 1. The molecule has 0 spiro atoms. The third-order valence-electron chi connectivity index (χ3n) is 3.38. The highest BCUT2D eigenvalue weighted by molar-refractivity contribution is 5.79. The summed E-state index contributed by atoms with van der Waals surface area (Å²) < 4.78 is 13.3.